The normalized spacial score (nSPS) is 11.5. The zero-order valence-electron chi connectivity index (χ0n) is 13.2. The lowest BCUT2D eigenvalue weighted by atomic mass is 9.90. The summed E-state index contributed by atoms with van der Waals surface area (Å²) in [5.74, 6) is 0.141. The number of nitrogen functional groups attached to an aromatic ring is 1. The van der Waals surface area contributed by atoms with Crippen molar-refractivity contribution in [3.63, 3.8) is 0 Å². The van der Waals surface area contributed by atoms with Crippen molar-refractivity contribution >= 4 is 11.7 Å². The molecular weight excluding hydrogens is 270 g/mol. The summed E-state index contributed by atoms with van der Waals surface area (Å²) in [6.45, 7) is 7.04. The first-order valence-corrected chi connectivity index (χ1v) is 6.96. The predicted octanol–water partition coefficient (Wildman–Crippen LogP) is 1.04. The number of nitrogens with two attached hydrogens (primary N) is 1. The molecule has 0 aromatic carbocycles. The lowest BCUT2D eigenvalue weighted by Gasteiger charge is -2.23. The predicted molar refractivity (Wildman–Crippen MR) is 82.2 cm³/mol. The van der Waals surface area contributed by atoms with Gasteiger partial charge in [0.2, 0.25) is 0 Å². The molecule has 1 rings (SSSR count). The van der Waals surface area contributed by atoms with Crippen LogP contribution in [0.5, 0.6) is 0 Å². The molecule has 1 amide bonds. The fourth-order valence-electron chi connectivity index (χ4n) is 1.88. The molecular formula is C15H25N3O3. The lowest BCUT2D eigenvalue weighted by Crippen LogP contribution is -2.36. The first-order valence-electron chi connectivity index (χ1n) is 6.96. The van der Waals surface area contributed by atoms with Gasteiger partial charge in [-0.05, 0) is 12.1 Å². The number of aromatic nitrogens is 1. The van der Waals surface area contributed by atoms with Crippen LogP contribution in [0.15, 0.2) is 12.1 Å². The number of amides is 1. The molecule has 1 heterocycles. The minimum Gasteiger partial charge on any atom is -0.395 e. The van der Waals surface area contributed by atoms with E-state index in [2.05, 4.69) is 4.98 Å². The van der Waals surface area contributed by atoms with E-state index in [9.17, 15) is 4.79 Å². The number of aliphatic hydroxyl groups excluding tert-OH is 1. The zero-order valence-corrected chi connectivity index (χ0v) is 13.2. The molecule has 0 radical (unpaired) electrons. The summed E-state index contributed by atoms with van der Waals surface area (Å²) in [6.07, 6.45) is 0. The van der Waals surface area contributed by atoms with Crippen molar-refractivity contribution in [2.24, 2.45) is 0 Å². The minimum absolute atomic E-state index is 0.0951. The van der Waals surface area contributed by atoms with E-state index in [4.69, 9.17) is 15.6 Å². The molecule has 118 valence electrons. The third-order valence-corrected chi connectivity index (χ3v) is 3.08. The Morgan fingerprint density at radius 3 is 2.57 bits per heavy atom. The molecule has 1 aromatic rings. The molecule has 21 heavy (non-hydrogen) atoms. The van der Waals surface area contributed by atoms with Gasteiger partial charge in [-0.3, -0.25) is 4.79 Å². The molecule has 0 aliphatic carbocycles. The van der Waals surface area contributed by atoms with E-state index >= 15 is 0 Å². The smallest absolute Gasteiger partial charge is 0.254 e. The summed E-state index contributed by atoms with van der Waals surface area (Å²) in [4.78, 5) is 18.4. The van der Waals surface area contributed by atoms with Crippen molar-refractivity contribution in [3.05, 3.63) is 23.4 Å². The van der Waals surface area contributed by atoms with Gasteiger partial charge < -0.3 is 20.5 Å². The summed E-state index contributed by atoms with van der Waals surface area (Å²) >= 11 is 0. The largest absolute Gasteiger partial charge is 0.395 e. The van der Waals surface area contributed by atoms with Crippen LogP contribution in [0.25, 0.3) is 0 Å². The minimum atomic E-state index is -0.196. The van der Waals surface area contributed by atoms with Gasteiger partial charge in [0.25, 0.3) is 5.91 Å². The molecule has 0 saturated carbocycles. The molecule has 3 N–H and O–H groups in total. The second-order valence-electron chi connectivity index (χ2n) is 5.92. The van der Waals surface area contributed by atoms with E-state index in [-0.39, 0.29) is 24.5 Å². The Morgan fingerprint density at radius 1 is 1.38 bits per heavy atom. The quantitative estimate of drug-likeness (QED) is 0.818. The van der Waals surface area contributed by atoms with Crippen LogP contribution in [-0.4, -0.2) is 54.3 Å². The number of methoxy groups -OCH3 is 1. The van der Waals surface area contributed by atoms with Gasteiger partial charge in [-0.2, -0.15) is 0 Å². The maximum Gasteiger partial charge on any atom is 0.254 e. The van der Waals surface area contributed by atoms with Crippen molar-refractivity contribution in [3.8, 4) is 0 Å². The van der Waals surface area contributed by atoms with E-state index in [0.717, 1.165) is 5.69 Å². The Morgan fingerprint density at radius 2 is 2.05 bits per heavy atom. The molecule has 0 saturated heterocycles. The first kappa shape index (κ1) is 17.4. The van der Waals surface area contributed by atoms with Crippen LogP contribution < -0.4 is 5.73 Å². The lowest BCUT2D eigenvalue weighted by molar-refractivity contribution is 0.0656. The molecule has 0 aliphatic heterocycles. The number of anilines is 1. The number of carbonyl (C=O) groups is 1. The number of rotatable bonds is 6. The Hall–Kier alpha value is -1.66. The maximum absolute atomic E-state index is 12.5. The standard InChI is InChI=1S/C15H25N3O3/c1-15(2,3)12-9-11(10-13(16)17-12)14(20)18(5-7-19)6-8-21-4/h9-10,19H,5-8H2,1-4H3,(H2,16,17). The highest BCUT2D eigenvalue weighted by molar-refractivity contribution is 5.95. The second kappa shape index (κ2) is 7.38. The average molecular weight is 295 g/mol. The summed E-state index contributed by atoms with van der Waals surface area (Å²) in [7, 11) is 1.57. The number of carbonyl (C=O) groups excluding carboxylic acids is 1. The van der Waals surface area contributed by atoms with Gasteiger partial charge in [0.1, 0.15) is 5.82 Å². The fourth-order valence-corrected chi connectivity index (χ4v) is 1.88. The molecule has 0 aliphatic rings. The molecule has 0 atom stereocenters. The third kappa shape index (κ3) is 4.99. The van der Waals surface area contributed by atoms with Crippen LogP contribution in [-0.2, 0) is 10.2 Å². The fraction of sp³-hybridized carbons (Fsp3) is 0.600. The highest BCUT2D eigenvalue weighted by atomic mass is 16.5. The SMILES string of the molecule is COCCN(CCO)C(=O)c1cc(N)nc(C(C)(C)C)c1. The van der Waals surface area contributed by atoms with Crippen molar-refractivity contribution in [1.82, 2.24) is 9.88 Å². The molecule has 0 bridgehead atoms. The summed E-state index contributed by atoms with van der Waals surface area (Å²) in [6, 6.07) is 3.32. The van der Waals surface area contributed by atoms with E-state index in [1.165, 1.54) is 0 Å². The average Bonchev–Trinajstić information content (AvgIpc) is 2.41. The van der Waals surface area contributed by atoms with Crippen LogP contribution >= 0.6 is 0 Å². The van der Waals surface area contributed by atoms with Gasteiger partial charge in [0.05, 0.1) is 13.2 Å². The monoisotopic (exact) mass is 295 g/mol. The zero-order chi connectivity index (χ0) is 16.0. The van der Waals surface area contributed by atoms with Crippen LogP contribution in [0.3, 0.4) is 0 Å². The van der Waals surface area contributed by atoms with E-state index < -0.39 is 0 Å². The number of aliphatic hydroxyl groups is 1. The molecule has 0 unspecified atom stereocenters. The molecule has 1 aromatic heterocycles. The Labute approximate surface area is 125 Å². The van der Waals surface area contributed by atoms with Crippen LogP contribution in [0.4, 0.5) is 5.82 Å². The van der Waals surface area contributed by atoms with Gasteiger partial charge in [-0.15, -0.1) is 0 Å². The molecule has 6 nitrogen and oxygen atoms in total. The van der Waals surface area contributed by atoms with Crippen LogP contribution in [0.1, 0.15) is 36.8 Å². The molecule has 0 spiro atoms. The van der Waals surface area contributed by atoms with Gasteiger partial charge in [-0.1, -0.05) is 20.8 Å². The first-order chi connectivity index (χ1) is 9.79. The van der Waals surface area contributed by atoms with Gasteiger partial charge >= 0.3 is 0 Å². The number of nitrogens with zero attached hydrogens (tertiary/aromatic N) is 2. The number of hydrogen-bond donors (Lipinski definition) is 2. The topological polar surface area (TPSA) is 88.7 Å². The highest BCUT2D eigenvalue weighted by Gasteiger charge is 2.21. The highest BCUT2D eigenvalue weighted by Crippen LogP contribution is 2.23. The summed E-state index contributed by atoms with van der Waals surface area (Å²) in [5.41, 5.74) is 6.87. The van der Waals surface area contributed by atoms with E-state index in [1.54, 1.807) is 24.1 Å². The summed E-state index contributed by atoms with van der Waals surface area (Å²) in [5, 5.41) is 9.10. The third-order valence-electron chi connectivity index (χ3n) is 3.08. The van der Waals surface area contributed by atoms with Gasteiger partial charge in [0, 0.05) is 36.9 Å². The van der Waals surface area contributed by atoms with Crippen molar-refractivity contribution in [1.29, 1.82) is 0 Å². The van der Waals surface area contributed by atoms with E-state index in [1.807, 2.05) is 20.8 Å². The summed E-state index contributed by atoms with van der Waals surface area (Å²) < 4.78 is 4.99. The number of hydrogen-bond acceptors (Lipinski definition) is 5. The van der Waals surface area contributed by atoms with E-state index in [0.29, 0.717) is 24.5 Å². The van der Waals surface area contributed by atoms with Crippen LogP contribution in [0.2, 0.25) is 0 Å². The van der Waals surface area contributed by atoms with Crippen molar-refractivity contribution in [2.75, 3.05) is 39.1 Å². The maximum atomic E-state index is 12.5. The van der Waals surface area contributed by atoms with Crippen LogP contribution in [0, 0.1) is 0 Å². The second-order valence-corrected chi connectivity index (χ2v) is 5.92. The molecule has 6 heteroatoms. The van der Waals surface area contributed by atoms with Gasteiger partial charge in [-0.25, -0.2) is 4.98 Å². The van der Waals surface area contributed by atoms with Gasteiger partial charge in [0.15, 0.2) is 0 Å². The number of pyridine rings is 1. The Balaban J connectivity index is 3.06. The Bertz CT molecular complexity index is 484. The van der Waals surface area contributed by atoms with Crippen molar-refractivity contribution in [2.45, 2.75) is 26.2 Å². The Kier molecular flexibility index (Phi) is 6.11. The molecule has 0 fully saturated rings. The van der Waals surface area contributed by atoms with Crippen molar-refractivity contribution < 1.29 is 14.6 Å². The number of ether oxygens (including phenoxy) is 1.